The van der Waals surface area contributed by atoms with Gasteiger partial charge in [-0.05, 0) is 26.4 Å². The molecule has 0 unspecified atom stereocenters. The van der Waals surface area contributed by atoms with Gasteiger partial charge in [0.2, 0.25) is 0 Å². The summed E-state index contributed by atoms with van der Waals surface area (Å²) >= 11 is 0. The molecule has 16 heavy (non-hydrogen) atoms. The highest BCUT2D eigenvalue weighted by molar-refractivity contribution is 4.90. The minimum atomic E-state index is -6.22. The Hall–Kier alpha value is -0.530. The summed E-state index contributed by atoms with van der Waals surface area (Å²) in [5, 5.41) is 2.57. The van der Waals surface area contributed by atoms with Crippen LogP contribution in [0.2, 0.25) is 0 Å². The summed E-state index contributed by atoms with van der Waals surface area (Å²) < 4.78 is 84.9. The van der Waals surface area contributed by atoms with Crippen LogP contribution >= 0.6 is 0 Å². The number of nitrogens with one attached hydrogen (secondary N) is 1. The van der Waals surface area contributed by atoms with Gasteiger partial charge in [0, 0.05) is 6.42 Å². The fourth-order valence-electron chi connectivity index (χ4n) is 1.01. The molecule has 0 aliphatic heterocycles. The van der Waals surface area contributed by atoms with Gasteiger partial charge in [0.25, 0.3) is 0 Å². The first kappa shape index (κ1) is 15.5. The minimum absolute atomic E-state index is 0.111. The van der Waals surface area contributed by atoms with Crippen molar-refractivity contribution in [2.24, 2.45) is 0 Å². The zero-order valence-corrected chi connectivity index (χ0v) is 8.47. The molecule has 0 aliphatic rings. The topological polar surface area (TPSA) is 12.0 Å². The summed E-state index contributed by atoms with van der Waals surface area (Å²) in [5.74, 6) is -11.0. The average Bonchev–Trinajstić information content (AvgIpc) is 2.10. The average molecular weight is 255 g/mol. The number of hydrogen-bond donors (Lipinski definition) is 1. The Kier molecular flexibility index (Phi) is 5.03. The van der Waals surface area contributed by atoms with Crippen molar-refractivity contribution in [3.05, 3.63) is 0 Å². The van der Waals surface area contributed by atoms with Crippen LogP contribution in [0, 0.1) is 0 Å². The van der Waals surface area contributed by atoms with E-state index in [-0.39, 0.29) is 13.0 Å². The monoisotopic (exact) mass is 255 g/mol. The fourth-order valence-corrected chi connectivity index (χ4v) is 1.01. The van der Waals surface area contributed by atoms with E-state index in [2.05, 4.69) is 5.32 Å². The van der Waals surface area contributed by atoms with Crippen LogP contribution in [0.3, 0.4) is 0 Å². The molecule has 0 aromatic heterocycles. The van der Waals surface area contributed by atoms with Crippen molar-refractivity contribution >= 4 is 0 Å². The maximum atomic E-state index is 12.6. The maximum absolute atomic E-state index is 12.6. The van der Waals surface area contributed by atoms with Crippen molar-refractivity contribution in [3.63, 3.8) is 0 Å². The van der Waals surface area contributed by atoms with E-state index in [9.17, 15) is 30.7 Å². The van der Waals surface area contributed by atoms with Gasteiger partial charge in [-0.2, -0.15) is 30.7 Å². The van der Waals surface area contributed by atoms with Crippen molar-refractivity contribution in [1.29, 1.82) is 0 Å². The summed E-state index contributed by atoms with van der Waals surface area (Å²) in [4.78, 5) is 0. The summed E-state index contributed by atoms with van der Waals surface area (Å²) in [5.41, 5.74) is 0. The van der Waals surface area contributed by atoms with Gasteiger partial charge < -0.3 is 5.32 Å². The summed E-state index contributed by atoms with van der Waals surface area (Å²) in [6, 6.07) is 0. The SMILES string of the molecule is CNCCCCC(F)(F)C(F)(F)C(F)(F)F. The molecule has 1 nitrogen and oxygen atoms in total. The number of hydrogen-bond acceptors (Lipinski definition) is 1. The van der Waals surface area contributed by atoms with Gasteiger partial charge in [-0.15, -0.1) is 0 Å². The largest absolute Gasteiger partial charge is 0.459 e. The number of unbranched alkanes of at least 4 members (excludes halogenated alkanes) is 1. The molecule has 0 aromatic rings. The van der Waals surface area contributed by atoms with Crippen molar-refractivity contribution in [3.8, 4) is 0 Å². The standard InChI is InChI=1S/C8H12F7N/c1-16-5-3-2-4-6(9,10)7(11,12)8(13,14)15/h16H,2-5H2,1H3. The lowest BCUT2D eigenvalue weighted by molar-refractivity contribution is -0.355. The van der Waals surface area contributed by atoms with E-state index in [0.717, 1.165) is 0 Å². The van der Waals surface area contributed by atoms with E-state index < -0.39 is 30.9 Å². The number of alkyl halides is 7. The second kappa shape index (κ2) is 5.20. The normalized spacial score (nSPS) is 14.2. The Bertz CT molecular complexity index is 211. The summed E-state index contributed by atoms with van der Waals surface area (Å²) in [7, 11) is 1.52. The third kappa shape index (κ3) is 3.50. The van der Waals surface area contributed by atoms with E-state index in [1.54, 1.807) is 0 Å². The third-order valence-corrected chi connectivity index (χ3v) is 1.98. The molecule has 0 amide bonds. The Balaban J connectivity index is 4.41. The molecule has 0 aromatic carbocycles. The predicted octanol–water partition coefficient (Wildman–Crippen LogP) is 3.21. The van der Waals surface area contributed by atoms with Crippen LogP contribution < -0.4 is 5.32 Å². The summed E-state index contributed by atoms with van der Waals surface area (Å²) in [6.45, 7) is 0.285. The molecule has 0 saturated heterocycles. The highest BCUT2D eigenvalue weighted by Gasteiger charge is 2.72. The molecule has 0 atom stereocenters. The Labute approximate surface area is 88.0 Å². The molecule has 8 heteroatoms. The molecule has 0 aliphatic carbocycles. The van der Waals surface area contributed by atoms with E-state index in [1.807, 2.05) is 0 Å². The predicted molar refractivity (Wildman–Crippen MR) is 43.7 cm³/mol. The van der Waals surface area contributed by atoms with Crippen LogP contribution in [-0.2, 0) is 0 Å². The summed E-state index contributed by atoms with van der Waals surface area (Å²) in [6.07, 6.45) is -8.00. The first-order valence-electron chi connectivity index (χ1n) is 4.53. The highest BCUT2D eigenvalue weighted by Crippen LogP contribution is 2.48. The lowest BCUT2D eigenvalue weighted by atomic mass is 10.0. The van der Waals surface area contributed by atoms with Crippen molar-refractivity contribution < 1.29 is 30.7 Å². The quantitative estimate of drug-likeness (QED) is 0.567. The molecule has 0 spiro atoms. The van der Waals surface area contributed by atoms with Crippen LogP contribution in [0.25, 0.3) is 0 Å². The molecular weight excluding hydrogens is 243 g/mol. The molecule has 0 bridgehead atoms. The molecule has 0 heterocycles. The molecule has 0 fully saturated rings. The van der Waals surface area contributed by atoms with Gasteiger partial charge in [-0.25, -0.2) is 0 Å². The zero-order chi connectivity index (χ0) is 13.0. The first-order chi connectivity index (χ1) is 7.06. The van der Waals surface area contributed by atoms with E-state index in [0.29, 0.717) is 0 Å². The Morgan fingerprint density at radius 3 is 1.75 bits per heavy atom. The second-order valence-corrected chi connectivity index (χ2v) is 3.34. The van der Waals surface area contributed by atoms with E-state index in [1.165, 1.54) is 7.05 Å². The van der Waals surface area contributed by atoms with Gasteiger partial charge in [0.05, 0.1) is 0 Å². The second-order valence-electron chi connectivity index (χ2n) is 3.34. The smallest absolute Gasteiger partial charge is 0.320 e. The molecular formula is C8H12F7N. The van der Waals surface area contributed by atoms with Gasteiger partial charge >= 0.3 is 18.0 Å². The third-order valence-electron chi connectivity index (χ3n) is 1.98. The number of halogens is 7. The zero-order valence-electron chi connectivity index (χ0n) is 8.47. The van der Waals surface area contributed by atoms with E-state index in [4.69, 9.17) is 0 Å². The van der Waals surface area contributed by atoms with Gasteiger partial charge in [-0.3, -0.25) is 0 Å². The maximum Gasteiger partial charge on any atom is 0.459 e. The van der Waals surface area contributed by atoms with Crippen LogP contribution in [0.15, 0.2) is 0 Å². The Morgan fingerprint density at radius 2 is 1.38 bits per heavy atom. The van der Waals surface area contributed by atoms with Gasteiger partial charge in [0.1, 0.15) is 0 Å². The molecule has 98 valence electrons. The fraction of sp³-hybridized carbons (Fsp3) is 1.00. The lowest BCUT2D eigenvalue weighted by Crippen LogP contribution is -2.51. The van der Waals surface area contributed by atoms with Crippen LogP contribution in [-0.4, -0.2) is 31.6 Å². The van der Waals surface area contributed by atoms with Crippen molar-refractivity contribution in [2.45, 2.75) is 37.3 Å². The molecule has 0 saturated carbocycles. The number of rotatable bonds is 6. The van der Waals surface area contributed by atoms with E-state index >= 15 is 0 Å². The first-order valence-corrected chi connectivity index (χ1v) is 4.53. The van der Waals surface area contributed by atoms with Crippen molar-refractivity contribution in [1.82, 2.24) is 5.32 Å². The van der Waals surface area contributed by atoms with Crippen molar-refractivity contribution in [2.75, 3.05) is 13.6 Å². The van der Waals surface area contributed by atoms with Crippen LogP contribution in [0.4, 0.5) is 30.7 Å². The molecule has 1 N–H and O–H groups in total. The van der Waals surface area contributed by atoms with Crippen LogP contribution in [0.5, 0.6) is 0 Å². The van der Waals surface area contributed by atoms with Crippen LogP contribution in [0.1, 0.15) is 19.3 Å². The molecule has 0 rings (SSSR count). The minimum Gasteiger partial charge on any atom is -0.320 e. The van der Waals surface area contributed by atoms with Gasteiger partial charge in [-0.1, -0.05) is 0 Å². The van der Waals surface area contributed by atoms with Gasteiger partial charge in [0.15, 0.2) is 0 Å². The highest BCUT2D eigenvalue weighted by atomic mass is 19.4. The Morgan fingerprint density at radius 1 is 0.875 bits per heavy atom. The molecule has 0 radical (unpaired) electrons. The lowest BCUT2D eigenvalue weighted by Gasteiger charge is -2.28.